The van der Waals surface area contributed by atoms with E-state index >= 15 is 0 Å². The van der Waals surface area contributed by atoms with Crippen LogP contribution in [-0.2, 0) is 4.74 Å². The van der Waals surface area contributed by atoms with Crippen molar-refractivity contribution in [3.63, 3.8) is 0 Å². The topological polar surface area (TPSA) is 98.8 Å². The zero-order valence-corrected chi connectivity index (χ0v) is 13.2. The molecule has 1 aliphatic heterocycles. The van der Waals surface area contributed by atoms with Gasteiger partial charge in [0.25, 0.3) is 11.4 Å². The van der Waals surface area contributed by atoms with Crippen LogP contribution >= 0.6 is 0 Å². The van der Waals surface area contributed by atoms with Gasteiger partial charge in [-0.25, -0.2) is 4.39 Å². The average Bonchev–Trinajstić information content (AvgIpc) is 2.63. The normalized spacial score (nSPS) is 13.6. The third-order valence-corrected chi connectivity index (χ3v) is 3.44. The van der Waals surface area contributed by atoms with Crippen LogP contribution in [0, 0.1) is 26.0 Å². The Kier molecular flexibility index (Phi) is 6.35. The summed E-state index contributed by atoms with van der Waals surface area (Å²) in [6.07, 6.45) is 0. The summed E-state index contributed by atoms with van der Waals surface area (Å²) in [4.78, 5) is 21.7. The summed E-state index contributed by atoms with van der Waals surface area (Å²) in [5, 5.41) is 20.6. The zero-order valence-electron chi connectivity index (χ0n) is 13.2. The van der Waals surface area contributed by atoms with E-state index in [1.54, 1.807) is 12.1 Å². The van der Waals surface area contributed by atoms with Gasteiger partial charge in [0, 0.05) is 37.0 Å². The highest BCUT2D eigenvalue weighted by molar-refractivity contribution is 5.53. The smallest absolute Gasteiger partial charge is 0.272 e. The molecule has 8 nitrogen and oxygen atoms in total. The Labute approximate surface area is 142 Å². The molecule has 0 unspecified atom stereocenters. The molecule has 0 N–H and O–H groups in total. The number of hydrogen-bond acceptors (Lipinski definition) is 6. The third kappa shape index (κ3) is 5.50. The molecule has 132 valence electrons. The molecule has 1 heterocycles. The number of nitro groups is 2. The monoisotopic (exact) mass is 349 g/mol. The van der Waals surface area contributed by atoms with E-state index in [0.29, 0.717) is 13.2 Å². The number of hydrogen-bond donors (Lipinski definition) is 0. The van der Waals surface area contributed by atoms with Crippen molar-refractivity contribution >= 4 is 17.1 Å². The summed E-state index contributed by atoms with van der Waals surface area (Å²) >= 11 is 0. The SMILES string of the molecule is O=[N+]([O-])c1cccc(F)c1.O=[N+]([O-])c1cccc(N2CCOCC2)c1. The number of benzene rings is 2. The van der Waals surface area contributed by atoms with E-state index in [2.05, 4.69) is 4.90 Å². The van der Waals surface area contributed by atoms with E-state index in [0.717, 1.165) is 30.9 Å². The highest BCUT2D eigenvalue weighted by atomic mass is 19.1. The van der Waals surface area contributed by atoms with E-state index in [-0.39, 0.29) is 16.3 Å². The van der Waals surface area contributed by atoms with Crippen molar-refractivity contribution in [2.24, 2.45) is 0 Å². The molecule has 0 bridgehead atoms. The second-order valence-electron chi connectivity index (χ2n) is 5.11. The number of ether oxygens (including phenoxy) is 1. The predicted molar refractivity (Wildman–Crippen MR) is 89.2 cm³/mol. The first-order valence-corrected chi connectivity index (χ1v) is 7.44. The van der Waals surface area contributed by atoms with Gasteiger partial charge < -0.3 is 9.64 Å². The first-order chi connectivity index (χ1) is 12.0. The van der Waals surface area contributed by atoms with Gasteiger partial charge in [-0.2, -0.15) is 0 Å². The first-order valence-electron chi connectivity index (χ1n) is 7.44. The van der Waals surface area contributed by atoms with Crippen molar-refractivity contribution < 1.29 is 19.0 Å². The van der Waals surface area contributed by atoms with Crippen molar-refractivity contribution in [3.05, 3.63) is 74.6 Å². The minimum atomic E-state index is -0.636. The number of halogens is 1. The summed E-state index contributed by atoms with van der Waals surface area (Å²) in [6, 6.07) is 11.3. The van der Waals surface area contributed by atoms with Crippen molar-refractivity contribution in [2.45, 2.75) is 0 Å². The van der Waals surface area contributed by atoms with Gasteiger partial charge in [0.2, 0.25) is 0 Å². The van der Waals surface area contributed by atoms with Crippen molar-refractivity contribution in [1.29, 1.82) is 0 Å². The summed E-state index contributed by atoms with van der Waals surface area (Å²) in [6.45, 7) is 2.95. The van der Waals surface area contributed by atoms with Gasteiger partial charge >= 0.3 is 0 Å². The Morgan fingerprint density at radius 2 is 1.48 bits per heavy atom. The lowest BCUT2D eigenvalue weighted by Gasteiger charge is -2.28. The third-order valence-electron chi connectivity index (χ3n) is 3.44. The lowest BCUT2D eigenvalue weighted by molar-refractivity contribution is -0.385. The summed E-state index contributed by atoms with van der Waals surface area (Å²) < 4.78 is 17.4. The van der Waals surface area contributed by atoms with E-state index in [1.807, 2.05) is 6.07 Å². The fraction of sp³-hybridized carbons (Fsp3) is 0.250. The number of anilines is 1. The van der Waals surface area contributed by atoms with Crippen molar-refractivity contribution in [1.82, 2.24) is 0 Å². The van der Waals surface area contributed by atoms with E-state index in [9.17, 15) is 24.6 Å². The fourth-order valence-corrected chi connectivity index (χ4v) is 2.21. The molecule has 0 aliphatic carbocycles. The lowest BCUT2D eigenvalue weighted by atomic mass is 10.2. The van der Waals surface area contributed by atoms with E-state index in [4.69, 9.17) is 4.74 Å². The first kappa shape index (κ1) is 18.3. The number of nitro benzene ring substituents is 2. The fourth-order valence-electron chi connectivity index (χ4n) is 2.21. The Morgan fingerprint density at radius 1 is 0.920 bits per heavy atom. The maximum atomic E-state index is 12.2. The van der Waals surface area contributed by atoms with E-state index in [1.165, 1.54) is 18.2 Å². The van der Waals surface area contributed by atoms with Crippen LogP contribution in [0.15, 0.2) is 48.5 Å². The highest BCUT2D eigenvalue weighted by Crippen LogP contribution is 2.21. The molecule has 0 saturated carbocycles. The molecule has 2 aromatic carbocycles. The molecule has 9 heteroatoms. The zero-order chi connectivity index (χ0) is 18.2. The maximum absolute atomic E-state index is 12.2. The molecule has 25 heavy (non-hydrogen) atoms. The van der Waals surface area contributed by atoms with Crippen LogP contribution in [0.1, 0.15) is 0 Å². The highest BCUT2D eigenvalue weighted by Gasteiger charge is 2.13. The van der Waals surface area contributed by atoms with Crippen LogP contribution in [0.4, 0.5) is 21.5 Å². The minimum Gasteiger partial charge on any atom is -0.378 e. The Morgan fingerprint density at radius 3 is 2.00 bits per heavy atom. The predicted octanol–water partition coefficient (Wildman–Crippen LogP) is 3.17. The van der Waals surface area contributed by atoms with Gasteiger partial charge in [0.05, 0.1) is 29.1 Å². The Bertz CT molecular complexity index is 750. The van der Waals surface area contributed by atoms with Crippen molar-refractivity contribution in [2.75, 3.05) is 31.2 Å². The van der Waals surface area contributed by atoms with Crippen LogP contribution in [-0.4, -0.2) is 36.1 Å². The number of nitrogens with zero attached hydrogens (tertiary/aromatic N) is 3. The van der Waals surface area contributed by atoms with E-state index < -0.39 is 10.7 Å². The maximum Gasteiger partial charge on any atom is 0.272 e. The van der Waals surface area contributed by atoms with Gasteiger partial charge in [-0.05, 0) is 12.1 Å². The number of rotatable bonds is 3. The quantitative estimate of drug-likeness (QED) is 0.623. The largest absolute Gasteiger partial charge is 0.378 e. The van der Waals surface area contributed by atoms with Crippen LogP contribution < -0.4 is 4.90 Å². The molecule has 2 aromatic rings. The molecular formula is C16H16FN3O5. The lowest BCUT2D eigenvalue weighted by Crippen LogP contribution is -2.36. The van der Waals surface area contributed by atoms with Crippen LogP contribution in [0.3, 0.4) is 0 Å². The molecule has 3 rings (SSSR count). The van der Waals surface area contributed by atoms with Crippen LogP contribution in [0.25, 0.3) is 0 Å². The standard InChI is InChI=1S/C10H12N2O3.C6H4FNO2/c13-12(14)10-3-1-2-9(8-10)11-4-6-15-7-5-11;7-5-2-1-3-6(4-5)8(9)10/h1-3,8H,4-7H2;1-4H. The molecule has 0 amide bonds. The molecule has 1 fully saturated rings. The Balaban J connectivity index is 0.000000196. The molecule has 0 radical (unpaired) electrons. The van der Waals surface area contributed by atoms with Gasteiger partial charge in [-0.15, -0.1) is 0 Å². The van der Waals surface area contributed by atoms with Gasteiger partial charge in [0.15, 0.2) is 0 Å². The average molecular weight is 349 g/mol. The molecular weight excluding hydrogens is 333 g/mol. The van der Waals surface area contributed by atoms with Crippen LogP contribution in [0.5, 0.6) is 0 Å². The second-order valence-corrected chi connectivity index (χ2v) is 5.11. The Hall–Kier alpha value is -3.07. The molecule has 0 atom stereocenters. The molecule has 1 saturated heterocycles. The van der Waals surface area contributed by atoms with Gasteiger partial charge in [-0.3, -0.25) is 20.2 Å². The summed E-state index contributed by atoms with van der Waals surface area (Å²) in [5.74, 6) is -0.589. The van der Waals surface area contributed by atoms with Gasteiger partial charge in [0.1, 0.15) is 5.82 Å². The minimum absolute atomic E-state index is 0.138. The molecule has 0 aromatic heterocycles. The van der Waals surface area contributed by atoms with Gasteiger partial charge in [-0.1, -0.05) is 12.1 Å². The molecule has 0 spiro atoms. The summed E-state index contributed by atoms with van der Waals surface area (Å²) in [5.41, 5.74) is 0.812. The van der Waals surface area contributed by atoms with Crippen molar-refractivity contribution in [3.8, 4) is 0 Å². The van der Waals surface area contributed by atoms with Crippen LogP contribution in [0.2, 0.25) is 0 Å². The number of morpholine rings is 1. The second kappa shape index (κ2) is 8.69. The molecule has 1 aliphatic rings. The number of non-ortho nitro benzene ring substituents is 2. The summed E-state index contributed by atoms with van der Waals surface area (Å²) in [7, 11) is 0.